The zero-order valence-corrected chi connectivity index (χ0v) is 8.50. The number of methoxy groups -OCH3 is 1. The number of hydrogen-bond donors (Lipinski definition) is 0. The maximum atomic E-state index is 11.3. The Morgan fingerprint density at radius 2 is 1.92 bits per heavy atom. The van der Waals surface area contributed by atoms with Gasteiger partial charge in [0.15, 0.2) is 0 Å². The molecule has 0 saturated heterocycles. The van der Waals surface area contributed by atoms with Crippen molar-refractivity contribution >= 4 is 11.9 Å². The van der Waals surface area contributed by atoms with Crippen LogP contribution in [-0.4, -0.2) is 37.0 Å². The summed E-state index contributed by atoms with van der Waals surface area (Å²) in [5.41, 5.74) is 0. The minimum absolute atomic E-state index is 0.543. The van der Waals surface area contributed by atoms with Crippen LogP contribution in [0.2, 0.25) is 0 Å². The molecule has 0 aliphatic heterocycles. The number of carbonyl (C=O) groups is 2. The van der Waals surface area contributed by atoms with Gasteiger partial charge >= 0.3 is 11.9 Å². The van der Waals surface area contributed by atoms with Crippen LogP contribution in [0.4, 0.5) is 0 Å². The van der Waals surface area contributed by atoms with Crippen LogP contribution in [0.1, 0.15) is 26.7 Å². The van der Waals surface area contributed by atoms with Gasteiger partial charge in [-0.15, -0.1) is 0 Å². The molecule has 1 amide bonds. The molecular formula is C9H17NO3. The van der Waals surface area contributed by atoms with Crippen molar-refractivity contribution in [3.05, 3.63) is 0 Å². The second kappa shape index (κ2) is 6.46. The molecule has 0 aromatic rings. The van der Waals surface area contributed by atoms with E-state index in [1.807, 2.05) is 13.8 Å². The van der Waals surface area contributed by atoms with Gasteiger partial charge in [0.25, 0.3) is 0 Å². The molecule has 0 rings (SSSR count). The summed E-state index contributed by atoms with van der Waals surface area (Å²) in [5.74, 6) is -1.32. The zero-order chi connectivity index (χ0) is 10.3. The lowest BCUT2D eigenvalue weighted by Gasteiger charge is -2.18. The molecule has 0 spiro atoms. The minimum Gasteiger partial charge on any atom is -0.462 e. The SMILES string of the molecule is CCCCN(CC)C(=O)C(=O)OC. The molecule has 0 heterocycles. The predicted octanol–water partition coefficient (Wildman–Crippen LogP) is 0.808. The first-order chi connectivity index (χ1) is 6.17. The Balaban J connectivity index is 4.06. The van der Waals surface area contributed by atoms with E-state index in [2.05, 4.69) is 4.74 Å². The van der Waals surface area contributed by atoms with Crippen LogP contribution < -0.4 is 0 Å². The molecule has 4 nitrogen and oxygen atoms in total. The molecule has 0 fully saturated rings. The van der Waals surface area contributed by atoms with Crippen LogP contribution in [0.3, 0.4) is 0 Å². The van der Waals surface area contributed by atoms with Gasteiger partial charge in [0.1, 0.15) is 0 Å². The van der Waals surface area contributed by atoms with Gasteiger partial charge in [-0.05, 0) is 13.3 Å². The molecule has 4 heteroatoms. The first kappa shape index (κ1) is 11.9. The highest BCUT2D eigenvalue weighted by atomic mass is 16.5. The first-order valence-electron chi connectivity index (χ1n) is 4.54. The summed E-state index contributed by atoms with van der Waals surface area (Å²) in [4.78, 5) is 23.6. The summed E-state index contributed by atoms with van der Waals surface area (Å²) in [6.07, 6.45) is 1.92. The van der Waals surface area contributed by atoms with E-state index in [1.54, 1.807) is 0 Å². The van der Waals surface area contributed by atoms with Gasteiger partial charge in [0, 0.05) is 13.1 Å². The van der Waals surface area contributed by atoms with E-state index in [9.17, 15) is 9.59 Å². The Bertz CT molecular complexity index is 180. The highest BCUT2D eigenvalue weighted by Crippen LogP contribution is 1.96. The third kappa shape index (κ3) is 3.92. The Labute approximate surface area is 78.9 Å². The molecule has 13 heavy (non-hydrogen) atoms. The molecule has 0 aliphatic carbocycles. The molecule has 0 aromatic heterocycles. The molecule has 0 atom stereocenters. The van der Waals surface area contributed by atoms with Crippen LogP contribution in [0.5, 0.6) is 0 Å². The summed E-state index contributed by atoms with van der Waals surface area (Å²) in [7, 11) is 1.22. The lowest BCUT2D eigenvalue weighted by atomic mass is 10.3. The second-order valence-corrected chi connectivity index (χ2v) is 2.73. The average molecular weight is 187 g/mol. The lowest BCUT2D eigenvalue weighted by molar-refractivity contribution is -0.158. The topological polar surface area (TPSA) is 46.6 Å². The smallest absolute Gasteiger partial charge is 0.396 e. The number of carbonyl (C=O) groups excluding carboxylic acids is 2. The van der Waals surface area contributed by atoms with Gasteiger partial charge in [-0.2, -0.15) is 0 Å². The number of hydrogen-bond acceptors (Lipinski definition) is 3. The van der Waals surface area contributed by atoms with Crippen LogP contribution in [0, 0.1) is 0 Å². The molecule has 0 aliphatic rings. The molecule has 0 saturated carbocycles. The van der Waals surface area contributed by atoms with Crippen molar-refractivity contribution in [2.75, 3.05) is 20.2 Å². The summed E-state index contributed by atoms with van der Waals surface area (Å²) in [6, 6.07) is 0. The number of unbranched alkanes of at least 4 members (excludes halogenated alkanes) is 1. The maximum Gasteiger partial charge on any atom is 0.396 e. The normalized spacial score (nSPS) is 9.46. The number of ether oxygens (including phenoxy) is 1. The standard InChI is InChI=1S/C9H17NO3/c1-4-6-7-10(5-2)8(11)9(12)13-3/h4-7H2,1-3H3. The van der Waals surface area contributed by atoms with E-state index in [0.717, 1.165) is 12.8 Å². The average Bonchev–Trinajstić information content (AvgIpc) is 2.17. The Morgan fingerprint density at radius 1 is 1.31 bits per heavy atom. The van der Waals surface area contributed by atoms with Crippen molar-refractivity contribution in [2.24, 2.45) is 0 Å². The number of likely N-dealkylation sites (N-methyl/N-ethyl adjacent to an activating group) is 1. The van der Waals surface area contributed by atoms with E-state index in [1.165, 1.54) is 12.0 Å². The van der Waals surface area contributed by atoms with Crippen molar-refractivity contribution in [2.45, 2.75) is 26.7 Å². The van der Waals surface area contributed by atoms with Gasteiger partial charge in [-0.25, -0.2) is 4.79 Å². The number of amides is 1. The second-order valence-electron chi connectivity index (χ2n) is 2.73. The Morgan fingerprint density at radius 3 is 2.31 bits per heavy atom. The lowest BCUT2D eigenvalue weighted by Crippen LogP contribution is -2.37. The maximum absolute atomic E-state index is 11.3. The quantitative estimate of drug-likeness (QED) is 0.483. The van der Waals surface area contributed by atoms with E-state index in [4.69, 9.17) is 0 Å². The summed E-state index contributed by atoms with van der Waals surface area (Å²) in [6.45, 7) is 5.06. The van der Waals surface area contributed by atoms with Crippen LogP contribution in [-0.2, 0) is 14.3 Å². The summed E-state index contributed by atoms with van der Waals surface area (Å²) < 4.78 is 4.34. The zero-order valence-electron chi connectivity index (χ0n) is 8.50. The molecule has 0 radical (unpaired) electrons. The first-order valence-corrected chi connectivity index (χ1v) is 4.54. The summed E-state index contributed by atoms with van der Waals surface area (Å²) >= 11 is 0. The third-order valence-electron chi connectivity index (χ3n) is 1.81. The molecule has 76 valence electrons. The monoisotopic (exact) mass is 187 g/mol. The van der Waals surface area contributed by atoms with E-state index in [-0.39, 0.29) is 0 Å². The van der Waals surface area contributed by atoms with Crippen LogP contribution in [0.25, 0.3) is 0 Å². The summed E-state index contributed by atoms with van der Waals surface area (Å²) in [5, 5.41) is 0. The van der Waals surface area contributed by atoms with Crippen molar-refractivity contribution in [1.29, 1.82) is 0 Å². The van der Waals surface area contributed by atoms with Crippen molar-refractivity contribution in [3.8, 4) is 0 Å². The molecule has 0 bridgehead atoms. The van der Waals surface area contributed by atoms with Crippen LogP contribution >= 0.6 is 0 Å². The fourth-order valence-electron chi connectivity index (χ4n) is 0.969. The Kier molecular flexibility index (Phi) is 5.93. The molecular weight excluding hydrogens is 170 g/mol. The fraction of sp³-hybridized carbons (Fsp3) is 0.778. The number of rotatable bonds is 4. The van der Waals surface area contributed by atoms with E-state index >= 15 is 0 Å². The van der Waals surface area contributed by atoms with Crippen molar-refractivity contribution in [3.63, 3.8) is 0 Å². The van der Waals surface area contributed by atoms with Crippen LogP contribution in [0.15, 0.2) is 0 Å². The molecule has 0 unspecified atom stereocenters. The predicted molar refractivity (Wildman–Crippen MR) is 49.2 cm³/mol. The van der Waals surface area contributed by atoms with Gasteiger partial charge in [0.2, 0.25) is 0 Å². The highest BCUT2D eigenvalue weighted by Gasteiger charge is 2.19. The minimum atomic E-state index is -0.780. The largest absolute Gasteiger partial charge is 0.462 e. The van der Waals surface area contributed by atoms with Crippen molar-refractivity contribution < 1.29 is 14.3 Å². The number of nitrogens with zero attached hydrogens (tertiary/aromatic N) is 1. The highest BCUT2D eigenvalue weighted by molar-refractivity contribution is 6.32. The molecule has 0 N–H and O–H groups in total. The van der Waals surface area contributed by atoms with E-state index in [0.29, 0.717) is 13.1 Å². The van der Waals surface area contributed by atoms with E-state index < -0.39 is 11.9 Å². The third-order valence-corrected chi connectivity index (χ3v) is 1.81. The van der Waals surface area contributed by atoms with Gasteiger partial charge in [-0.1, -0.05) is 13.3 Å². The van der Waals surface area contributed by atoms with Gasteiger partial charge < -0.3 is 9.64 Å². The Hall–Kier alpha value is -1.06. The number of esters is 1. The molecule has 0 aromatic carbocycles. The van der Waals surface area contributed by atoms with Gasteiger partial charge in [0.05, 0.1) is 7.11 Å². The van der Waals surface area contributed by atoms with Crippen molar-refractivity contribution in [1.82, 2.24) is 4.90 Å². The van der Waals surface area contributed by atoms with Gasteiger partial charge in [-0.3, -0.25) is 4.79 Å². The fourth-order valence-corrected chi connectivity index (χ4v) is 0.969.